The van der Waals surface area contributed by atoms with Crippen LogP contribution in [0.15, 0.2) is 52.7 Å². The zero-order valence-corrected chi connectivity index (χ0v) is 21.5. The van der Waals surface area contributed by atoms with Gasteiger partial charge in [0, 0.05) is 23.4 Å². The molecule has 200 valence electrons. The molecule has 1 heterocycles. The minimum atomic E-state index is -1.48. The predicted octanol–water partition coefficient (Wildman–Crippen LogP) is 2.53. The molecule has 38 heavy (non-hydrogen) atoms. The smallest absolute Gasteiger partial charge is 0.328 e. The number of imide groups is 2. The normalized spacial score (nSPS) is 13.9. The molecule has 1 aliphatic heterocycles. The summed E-state index contributed by atoms with van der Waals surface area (Å²) in [5.41, 5.74) is 2.39. The number of azo groups is 1. The van der Waals surface area contributed by atoms with E-state index >= 15 is 0 Å². The zero-order chi connectivity index (χ0) is 27.7. The molecule has 1 fully saturated rings. The van der Waals surface area contributed by atoms with Gasteiger partial charge in [-0.1, -0.05) is 13.8 Å². The highest BCUT2D eigenvalue weighted by molar-refractivity contribution is 6.18. The number of anilines is 1. The van der Waals surface area contributed by atoms with Crippen LogP contribution < -0.4 is 21.3 Å². The van der Waals surface area contributed by atoms with Gasteiger partial charge in [0.2, 0.25) is 6.04 Å². The second kappa shape index (κ2) is 13.2. The zero-order valence-electron chi connectivity index (χ0n) is 21.5. The summed E-state index contributed by atoms with van der Waals surface area (Å²) >= 11 is 0. The molecule has 4 N–H and O–H groups in total. The van der Waals surface area contributed by atoms with Gasteiger partial charge in [0.05, 0.1) is 5.69 Å². The first-order chi connectivity index (χ1) is 18.2. The maximum Gasteiger partial charge on any atom is 0.328 e. The molecule has 0 aliphatic carbocycles. The molecule has 3 rings (SSSR count). The fourth-order valence-corrected chi connectivity index (χ4v) is 3.76. The van der Waals surface area contributed by atoms with Crippen LogP contribution >= 0.6 is 0 Å². The van der Waals surface area contributed by atoms with E-state index in [4.69, 9.17) is 0 Å². The monoisotopic (exact) mass is 521 g/mol. The second-order valence-electron chi connectivity index (χ2n) is 8.65. The molecule has 1 aliphatic rings. The molecule has 0 radical (unpaired) electrons. The van der Waals surface area contributed by atoms with Gasteiger partial charge in [-0.25, -0.2) is 4.79 Å². The highest BCUT2D eigenvalue weighted by Crippen LogP contribution is 2.18. The quantitative estimate of drug-likeness (QED) is 0.202. The lowest BCUT2D eigenvalue weighted by Gasteiger charge is -2.17. The number of nitrogens with zero attached hydrogens (tertiary/aromatic N) is 3. The summed E-state index contributed by atoms with van der Waals surface area (Å²) in [5.74, 6) is -2.34. The third-order valence-electron chi connectivity index (χ3n) is 5.82. The molecule has 0 unspecified atom stereocenters. The Morgan fingerprint density at radius 2 is 1.58 bits per heavy atom. The van der Waals surface area contributed by atoms with E-state index in [2.05, 4.69) is 39.6 Å². The molecular weight excluding hydrogens is 490 g/mol. The van der Waals surface area contributed by atoms with Gasteiger partial charge in [-0.15, -0.1) is 0 Å². The minimum Gasteiger partial charge on any atom is -0.352 e. The first-order valence-electron chi connectivity index (χ1n) is 12.3. The van der Waals surface area contributed by atoms with Crippen LogP contribution in [0.5, 0.6) is 0 Å². The van der Waals surface area contributed by atoms with Crippen molar-refractivity contribution in [3.63, 3.8) is 0 Å². The molecule has 0 atom stereocenters. The van der Waals surface area contributed by atoms with Crippen molar-refractivity contribution in [1.82, 2.24) is 20.9 Å². The number of hydrogen-bond acceptors (Lipinski definition) is 8. The first kappa shape index (κ1) is 28.1. The Morgan fingerprint density at radius 1 is 0.921 bits per heavy atom. The molecule has 12 nitrogen and oxygen atoms in total. The number of urea groups is 1. The molecule has 0 saturated carbocycles. The molecular formula is C26H31N7O5. The predicted molar refractivity (Wildman–Crippen MR) is 140 cm³/mol. The average molecular weight is 522 g/mol. The van der Waals surface area contributed by atoms with Crippen LogP contribution in [0.4, 0.5) is 16.2 Å². The minimum absolute atomic E-state index is 0.205. The third-order valence-corrected chi connectivity index (χ3v) is 5.82. The number of barbiturate groups is 1. The van der Waals surface area contributed by atoms with Crippen LogP contribution in [-0.2, 0) is 9.59 Å². The number of rotatable bonds is 11. The largest absolute Gasteiger partial charge is 0.352 e. The number of amides is 6. The van der Waals surface area contributed by atoms with Crippen molar-refractivity contribution < 1.29 is 24.0 Å². The molecule has 0 spiro atoms. The van der Waals surface area contributed by atoms with Crippen LogP contribution in [0.2, 0.25) is 0 Å². The van der Waals surface area contributed by atoms with Crippen LogP contribution in [0.3, 0.4) is 0 Å². The third kappa shape index (κ3) is 7.77. The van der Waals surface area contributed by atoms with Crippen LogP contribution in [0.1, 0.15) is 46.5 Å². The van der Waals surface area contributed by atoms with Crippen LogP contribution in [-0.4, -0.2) is 66.8 Å². The Hall–Kier alpha value is -4.45. The number of hydrogen-bond donors (Lipinski definition) is 4. The lowest BCUT2D eigenvalue weighted by molar-refractivity contribution is -0.131. The number of nitrogens with one attached hydrogen (secondary N) is 4. The number of aryl methyl sites for hydroxylation is 1. The van der Waals surface area contributed by atoms with Crippen molar-refractivity contribution in [2.24, 2.45) is 10.2 Å². The Bertz CT molecular complexity index is 1220. The standard InChI is InChI=1S/C26H31N7O5/c1-4-33(5-2)12-6-11-27-22(34)18-13-16(3)14-20(15-18)28-23(35)17-7-9-19(10-8-17)31-32-21-24(36)29-26(38)30-25(21)37/h7-10,13-15,21H,4-6,11-12H2,1-3H3,(H,27,34)(H,28,35)(H2,29,30,36,37,38). The van der Waals surface area contributed by atoms with Gasteiger partial charge < -0.3 is 15.5 Å². The van der Waals surface area contributed by atoms with Gasteiger partial charge >= 0.3 is 6.03 Å². The highest BCUT2D eigenvalue weighted by atomic mass is 16.2. The van der Waals surface area contributed by atoms with Gasteiger partial charge in [0.15, 0.2) is 0 Å². The Labute approximate surface area is 220 Å². The molecule has 1 saturated heterocycles. The fourth-order valence-electron chi connectivity index (χ4n) is 3.76. The molecule has 2 aromatic rings. The molecule has 12 heteroatoms. The maximum absolute atomic E-state index is 12.8. The summed E-state index contributed by atoms with van der Waals surface area (Å²) in [7, 11) is 0. The van der Waals surface area contributed by atoms with E-state index in [9.17, 15) is 24.0 Å². The van der Waals surface area contributed by atoms with Crippen molar-refractivity contribution in [3.05, 3.63) is 59.2 Å². The van der Waals surface area contributed by atoms with E-state index in [-0.39, 0.29) is 5.91 Å². The van der Waals surface area contributed by atoms with E-state index < -0.39 is 29.8 Å². The van der Waals surface area contributed by atoms with E-state index in [1.165, 1.54) is 24.3 Å². The number of carbonyl (C=O) groups is 5. The van der Waals surface area contributed by atoms with Gasteiger partial charge in [0.1, 0.15) is 0 Å². The van der Waals surface area contributed by atoms with Crippen molar-refractivity contribution >= 4 is 41.0 Å². The SMILES string of the molecule is CCN(CC)CCCNC(=O)c1cc(C)cc(NC(=O)c2ccc(N=NC3C(=O)NC(=O)NC3=O)cc2)c1. The Morgan fingerprint density at radius 3 is 2.21 bits per heavy atom. The lowest BCUT2D eigenvalue weighted by Crippen LogP contribution is -2.57. The summed E-state index contributed by atoms with van der Waals surface area (Å²) in [5, 5.41) is 17.1. The Kier molecular flexibility index (Phi) is 9.77. The fraction of sp³-hybridized carbons (Fsp3) is 0.346. The van der Waals surface area contributed by atoms with E-state index in [1.807, 2.05) is 17.6 Å². The van der Waals surface area contributed by atoms with E-state index in [0.29, 0.717) is 29.0 Å². The Balaban J connectivity index is 1.58. The van der Waals surface area contributed by atoms with Crippen LogP contribution in [0, 0.1) is 6.92 Å². The second-order valence-corrected chi connectivity index (χ2v) is 8.65. The van der Waals surface area contributed by atoms with Crippen molar-refractivity contribution in [3.8, 4) is 0 Å². The van der Waals surface area contributed by atoms with Gasteiger partial charge in [-0.05, 0) is 81.0 Å². The summed E-state index contributed by atoms with van der Waals surface area (Å²) in [6.07, 6.45) is 0.846. The van der Waals surface area contributed by atoms with E-state index in [0.717, 1.165) is 31.6 Å². The lowest BCUT2D eigenvalue weighted by atomic mass is 10.1. The van der Waals surface area contributed by atoms with Gasteiger partial charge in [0.25, 0.3) is 23.6 Å². The van der Waals surface area contributed by atoms with Gasteiger partial charge in [-0.2, -0.15) is 10.2 Å². The molecule has 6 amide bonds. The maximum atomic E-state index is 12.8. The van der Waals surface area contributed by atoms with Crippen LogP contribution in [0.25, 0.3) is 0 Å². The van der Waals surface area contributed by atoms with Crippen molar-refractivity contribution in [1.29, 1.82) is 0 Å². The summed E-state index contributed by atoms with van der Waals surface area (Å²) < 4.78 is 0. The molecule has 2 aromatic carbocycles. The highest BCUT2D eigenvalue weighted by Gasteiger charge is 2.34. The summed E-state index contributed by atoms with van der Waals surface area (Å²) in [6.45, 7) is 9.47. The van der Waals surface area contributed by atoms with Gasteiger partial charge in [-0.3, -0.25) is 29.8 Å². The first-order valence-corrected chi connectivity index (χ1v) is 12.3. The number of benzene rings is 2. The molecule has 0 aromatic heterocycles. The topological polar surface area (TPSA) is 161 Å². The number of carbonyl (C=O) groups excluding carboxylic acids is 5. The van der Waals surface area contributed by atoms with Crippen molar-refractivity contribution in [2.45, 2.75) is 33.2 Å². The van der Waals surface area contributed by atoms with E-state index in [1.54, 1.807) is 18.2 Å². The molecule has 0 bridgehead atoms. The average Bonchev–Trinajstić information content (AvgIpc) is 2.88. The summed E-state index contributed by atoms with van der Waals surface area (Å²) in [6, 6.07) is 8.77. The van der Waals surface area contributed by atoms with Crippen molar-refractivity contribution in [2.75, 3.05) is 31.5 Å². The summed E-state index contributed by atoms with van der Waals surface area (Å²) in [4.78, 5) is 62.3.